The third-order valence-corrected chi connectivity index (χ3v) is 2.91. The van der Waals surface area contributed by atoms with Crippen molar-refractivity contribution in [1.82, 2.24) is 4.57 Å². The van der Waals surface area contributed by atoms with E-state index in [1.165, 1.54) is 5.56 Å². The van der Waals surface area contributed by atoms with E-state index in [1.807, 2.05) is 23.9 Å². The van der Waals surface area contributed by atoms with E-state index in [4.69, 9.17) is 0 Å². The molecule has 0 spiro atoms. The lowest BCUT2D eigenvalue weighted by atomic mass is 10.2. The Bertz CT molecular complexity index is 438. The first-order valence-corrected chi connectivity index (χ1v) is 5.29. The second-order valence-electron chi connectivity index (χ2n) is 3.34. The predicted molar refractivity (Wildman–Crippen MR) is 58.9 cm³/mol. The summed E-state index contributed by atoms with van der Waals surface area (Å²) in [5.41, 5.74) is 1.30. The lowest BCUT2D eigenvalue weighted by molar-refractivity contribution is -0.671. The number of imidazole rings is 1. The standard InChI is InChI=1S/C11H12BrN2.BrH/c1-13-6-7-14(9-13)8-10-4-2-3-5-11(10)12;/h2-7,9H,8H2,1H3;1H/q+1;/p-1. The van der Waals surface area contributed by atoms with Crippen molar-refractivity contribution in [3.05, 3.63) is 53.0 Å². The normalized spacial score (nSPS) is 9.73. The molecule has 0 aliphatic rings. The zero-order valence-electron chi connectivity index (χ0n) is 8.40. The number of nitrogens with zero attached hydrogens (tertiary/aromatic N) is 2. The molecule has 4 heteroatoms. The van der Waals surface area contributed by atoms with Crippen molar-refractivity contribution in [2.24, 2.45) is 7.05 Å². The highest BCUT2D eigenvalue weighted by Crippen LogP contribution is 2.16. The zero-order valence-corrected chi connectivity index (χ0v) is 11.6. The van der Waals surface area contributed by atoms with Crippen LogP contribution in [0.3, 0.4) is 0 Å². The zero-order chi connectivity index (χ0) is 9.97. The quantitative estimate of drug-likeness (QED) is 0.633. The van der Waals surface area contributed by atoms with Crippen LogP contribution < -0.4 is 21.5 Å². The summed E-state index contributed by atoms with van der Waals surface area (Å²) >= 11 is 3.54. The molecule has 2 aromatic rings. The topological polar surface area (TPSA) is 8.81 Å². The molecule has 0 aliphatic carbocycles. The number of aryl methyl sites for hydroxylation is 1. The molecule has 0 saturated carbocycles. The number of benzene rings is 1. The smallest absolute Gasteiger partial charge is 0.243 e. The molecule has 0 bridgehead atoms. The Morgan fingerprint density at radius 1 is 1.33 bits per heavy atom. The molecule has 15 heavy (non-hydrogen) atoms. The first-order chi connectivity index (χ1) is 6.75. The number of aromatic nitrogens is 2. The number of halogens is 2. The van der Waals surface area contributed by atoms with Crippen molar-refractivity contribution in [3.8, 4) is 0 Å². The fourth-order valence-corrected chi connectivity index (χ4v) is 1.83. The third kappa shape index (κ3) is 3.18. The van der Waals surface area contributed by atoms with Gasteiger partial charge in [0.15, 0.2) is 0 Å². The van der Waals surface area contributed by atoms with Crippen LogP contribution in [-0.4, -0.2) is 4.57 Å². The van der Waals surface area contributed by atoms with Crippen LogP contribution in [0.25, 0.3) is 0 Å². The lowest BCUT2D eigenvalue weighted by Crippen LogP contribution is -3.00. The minimum Gasteiger partial charge on any atom is -1.00 e. The van der Waals surface area contributed by atoms with E-state index in [0.29, 0.717) is 0 Å². The maximum Gasteiger partial charge on any atom is 0.243 e. The summed E-state index contributed by atoms with van der Waals surface area (Å²) < 4.78 is 5.35. The Balaban J connectivity index is 0.00000112. The molecule has 0 fully saturated rings. The largest absolute Gasteiger partial charge is 1.00 e. The van der Waals surface area contributed by atoms with Crippen molar-refractivity contribution in [2.45, 2.75) is 6.54 Å². The average molecular weight is 332 g/mol. The van der Waals surface area contributed by atoms with E-state index < -0.39 is 0 Å². The van der Waals surface area contributed by atoms with Gasteiger partial charge in [0.25, 0.3) is 0 Å². The Morgan fingerprint density at radius 3 is 2.67 bits per heavy atom. The molecule has 1 heterocycles. The van der Waals surface area contributed by atoms with Crippen molar-refractivity contribution in [2.75, 3.05) is 0 Å². The highest BCUT2D eigenvalue weighted by molar-refractivity contribution is 9.10. The van der Waals surface area contributed by atoms with Crippen LogP contribution in [0.4, 0.5) is 0 Å². The van der Waals surface area contributed by atoms with Crippen LogP contribution >= 0.6 is 15.9 Å². The molecule has 1 aromatic carbocycles. The Hall–Kier alpha value is -0.610. The maximum atomic E-state index is 3.54. The van der Waals surface area contributed by atoms with Crippen LogP contribution in [0.1, 0.15) is 5.56 Å². The summed E-state index contributed by atoms with van der Waals surface area (Å²) in [5, 5.41) is 0. The van der Waals surface area contributed by atoms with Crippen molar-refractivity contribution >= 4 is 15.9 Å². The van der Waals surface area contributed by atoms with E-state index in [1.54, 1.807) is 0 Å². The molecule has 0 unspecified atom stereocenters. The Kier molecular flexibility index (Phi) is 4.54. The van der Waals surface area contributed by atoms with Crippen LogP contribution in [0, 0.1) is 0 Å². The maximum absolute atomic E-state index is 3.54. The summed E-state index contributed by atoms with van der Waals surface area (Å²) in [6.07, 6.45) is 6.18. The number of hydrogen-bond acceptors (Lipinski definition) is 0. The van der Waals surface area contributed by atoms with Crippen LogP contribution in [0.15, 0.2) is 47.5 Å². The van der Waals surface area contributed by atoms with Gasteiger partial charge in [0, 0.05) is 10.0 Å². The molecule has 2 rings (SSSR count). The van der Waals surface area contributed by atoms with Gasteiger partial charge in [0.05, 0.1) is 7.05 Å². The van der Waals surface area contributed by atoms with Gasteiger partial charge in [-0.1, -0.05) is 34.1 Å². The Labute approximate surface area is 108 Å². The minimum absolute atomic E-state index is 0. The molecule has 2 nitrogen and oxygen atoms in total. The van der Waals surface area contributed by atoms with Gasteiger partial charge in [0.1, 0.15) is 18.9 Å². The molecule has 0 amide bonds. The fourth-order valence-electron chi connectivity index (χ4n) is 1.42. The Morgan fingerprint density at radius 2 is 2.07 bits per heavy atom. The van der Waals surface area contributed by atoms with Crippen LogP contribution in [-0.2, 0) is 13.6 Å². The van der Waals surface area contributed by atoms with E-state index in [9.17, 15) is 0 Å². The highest BCUT2D eigenvalue weighted by Gasteiger charge is 2.03. The molecule has 0 radical (unpaired) electrons. The van der Waals surface area contributed by atoms with Crippen molar-refractivity contribution < 1.29 is 21.5 Å². The second kappa shape index (κ2) is 5.47. The first kappa shape index (κ1) is 12.5. The van der Waals surface area contributed by atoms with E-state index in [2.05, 4.69) is 51.2 Å². The predicted octanol–water partition coefficient (Wildman–Crippen LogP) is -0.873. The molecule has 0 N–H and O–H groups in total. The summed E-state index contributed by atoms with van der Waals surface area (Å²) in [7, 11) is 2.02. The minimum atomic E-state index is 0. The van der Waals surface area contributed by atoms with Gasteiger partial charge >= 0.3 is 0 Å². The van der Waals surface area contributed by atoms with E-state index in [0.717, 1.165) is 11.0 Å². The summed E-state index contributed by atoms with van der Waals surface area (Å²) in [6, 6.07) is 8.29. The molecule has 80 valence electrons. The highest BCUT2D eigenvalue weighted by atomic mass is 79.9. The first-order valence-electron chi connectivity index (χ1n) is 4.50. The van der Waals surface area contributed by atoms with Crippen LogP contribution in [0.2, 0.25) is 0 Å². The molecule has 0 aliphatic heterocycles. The van der Waals surface area contributed by atoms with Gasteiger partial charge in [-0.05, 0) is 6.07 Å². The third-order valence-electron chi connectivity index (χ3n) is 2.13. The van der Waals surface area contributed by atoms with E-state index >= 15 is 0 Å². The molecule has 1 aromatic heterocycles. The lowest BCUT2D eigenvalue weighted by Gasteiger charge is -2.00. The van der Waals surface area contributed by atoms with Gasteiger partial charge in [0.2, 0.25) is 6.33 Å². The van der Waals surface area contributed by atoms with Gasteiger partial charge in [-0.25, -0.2) is 9.13 Å². The molecular weight excluding hydrogens is 320 g/mol. The van der Waals surface area contributed by atoms with Gasteiger partial charge in [-0.2, -0.15) is 0 Å². The fraction of sp³-hybridized carbons (Fsp3) is 0.182. The summed E-state index contributed by atoms with van der Waals surface area (Å²) in [6.45, 7) is 0.905. The second-order valence-corrected chi connectivity index (χ2v) is 4.20. The number of hydrogen-bond donors (Lipinski definition) is 0. The molecular formula is C11H12Br2N2. The summed E-state index contributed by atoms with van der Waals surface area (Å²) in [4.78, 5) is 0. The van der Waals surface area contributed by atoms with Gasteiger partial charge in [-0.3, -0.25) is 0 Å². The monoisotopic (exact) mass is 330 g/mol. The van der Waals surface area contributed by atoms with E-state index in [-0.39, 0.29) is 17.0 Å². The van der Waals surface area contributed by atoms with Crippen molar-refractivity contribution in [1.29, 1.82) is 0 Å². The number of rotatable bonds is 2. The molecule has 0 atom stereocenters. The SMILES string of the molecule is C[n+]1ccn(Cc2ccccc2Br)c1.[Br-]. The van der Waals surface area contributed by atoms with Gasteiger partial charge in [-0.15, -0.1) is 0 Å². The van der Waals surface area contributed by atoms with Crippen LogP contribution in [0.5, 0.6) is 0 Å². The molecule has 0 saturated heterocycles. The van der Waals surface area contributed by atoms with Gasteiger partial charge < -0.3 is 17.0 Å². The summed E-state index contributed by atoms with van der Waals surface area (Å²) in [5.74, 6) is 0. The van der Waals surface area contributed by atoms with Crippen molar-refractivity contribution in [3.63, 3.8) is 0 Å². The average Bonchev–Trinajstić information content (AvgIpc) is 2.56.